The van der Waals surface area contributed by atoms with Gasteiger partial charge in [0.25, 0.3) is 0 Å². The zero-order valence-electron chi connectivity index (χ0n) is 8.21. The summed E-state index contributed by atoms with van der Waals surface area (Å²) in [4.78, 5) is 0. The third-order valence-corrected chi connectivity index (χ3v) is 2.65. The zero-order chi connectivity index (χ0) is 10.0. The monoisotopic (exact) mass is 206 g/mol. The molecule has 0 heterocycles. The van der Waals surface area contributed by atoms with Gasteiger partial charge in [0.1, 0.15) is 0 Å². The first-order chi connectivity index (χ1) is 6.68. The number of rotatable bonds is 2. The van der Waals surface area contributed by atoms with E-state index in [1.54, 1.807) is 0 Å². The number of nitrogens with one attached hydrogen (secondary N) is 2. The summed E-state index contributed by atoms with van der Waals surface area (Å²) in [6.07, 6.45) is 2.42. The molecule has 0 amide bonds. The molecule has 14 heavy (non-hydrogen) atoms. The number of hydrogen-bond donors (Lipinski definition) is 2. The van der Waals surface area contributed by atoms with E-state index in [-0.39, 0.29) is 5.54 Å². The van der Waals surface area contributed by atoms with Gasteiger partial charge in [-0.2, -0.15) is 0 Å². The van der Waals surface area contributed by atoms with Crippen LogP contribution in [0.5, 0.6) is 0 Å². The highest BCUT2D eigenvalue weighted by atomic mass is 32.1. The van der Waals surface area contributed by atoms with E-state index in [0.29, 0.717) is 0 Å². The van der Waals surface area contributed by atoms with E-state index < -0.39 is 0 Å². The van der Waals surface area contributed by atoms with E-state index in [1.807, 2.05) is 30.3 Å². The standard InChI is InChI=1S/C11H14N2S/c1-11(7-8-11)13-10(14)12-9-5-3-2-4-6-9/h2-6H,7-8H2,1H3,(H2,12,13,14). The van der Waals surface area contributed by atoms with Crippen molar-refractivity contribution >= 4 is 23.0 Å². The first kappa shape index (κ1) is 9.46. The van der Waals surface area contributed by atoms with Crippen molar-refractivity contribution in [3.05, 3.63) is 30.3 Å². The van der Waals surface area contributed by atoms with Gasteiger partial charge in [0.05, 0.1) is 0 Å². The van der Waals surface area contributed by atoms with Crippen molar-refractivity contribution in [2.45, 2.75) is 25.3 Å². The van der Waals surface area contributed by atoms with Crippen molar-refractivity contribution in [1.82, 2.24) is 5.32 Å². The summed E-state index contributed by atoms with van der Waals surface area (Å²) in [5, 5.41) is 7.18. The van der Waals surface area contributed by atoms with E-state index in [1.165, 1.54) is 12.8 Å². The molecule has 0 atom stereocenters. The molecule has 2 N–H and O–H groups in total. The molecular formula is C11H14N2S. The number of para-hydroxylation sites is 1. The molecule has 0 radical (unpaired) electrons. The van der Waals surface area contributed by atoms with Gasteiger partial charge < -0.3 is 10.6 Å². The van der Waals surface area contributed by atoms with Crippen molar-refractivity contribution < 1.29 is 0 Å². The van der Waals surface area contributed by atoms with Gasteiger partial charge in [-0.1, -0.05) is 18.2 Å². The molecule has 1 saturated carbocycles. The Morgan fingerprint density at radius 1 is 1.29 bits per heavy atom. The molecule has 1 aromatic carbocycles. The smallest absolute Gasteiger partial charge is 0.171 e. The fourth-order valence-electron chi connectivity index (χ4n) is 1.27. The average molecular weight is 206 g/mol. The fraction of sp³-hybridized carbons (Fsp3) is 0.364. The molecule has 0 aliphatic heterocycles. The van der Waals surface area contributed by atoms with Crippen molar-refractivity contribution in [1.29, 1.82) is 0 Å². The minimum Gasteiger partial charge on any atom is -0.357 e. The van der Waals surface area contributed by atoms with Crippen LogP contribution < -0.4 is 10.6 Å². The molecule has 0 aromatic heterocycles. The SMILES string of the molecule is CC1(NC(=S)Nc2ccccc2)CC1. The van der Waals surface area contributed by atoms with Crippen molar-refractivity contribution in [2.24, 2.45) is 0 Å². The lowest BCUT2D eigenvalue weighted by molar-refractivity contribution is 0.672. The summed E-state index contributed by atoms with van der Waals surface area (Å²) in [6, 6.07) is 9.98. The van der Waals surface area contributed by atoms with Crippen LogP contribution in [0.15, 0.2) is 30.3 Å². The summed E-state index contributed by atoms with van der Waals surface area (Å²) >= 11 is 5.20. The van der Waals surface area contributed by atoms with Gasteiger partial charge in [-0.25, -0.2) is 0 Å². The molecule has 1 fully saturated rings. The zero-order valence-corrected chi connectivity index (χ0v) is 9.03. The molecule has 1 aromatic rings. The van der Waals surface area contributed by atoms with E-state index >= 15 is 0 Å². The van der Waals surface area contributed by atoms with Crippen LogP contribution >= 0.6 is 12.2 Å². The normalized spacial score (nSPS) is 17.2. The fourth-order valence-corrected chi connectivity index (χ4v) is 1.63. The van der Waals surface area contributed by atoms with Crippen LogP contribution in [0.3, 0.4) is 0 Å². The first-order valence-electron chi connectivity index (χ1n) is 4.82. The van der Waals surface area contributed by atoms with Gasteiger partial charge in [-0.15, -0.1) is 0 Å². The average Bonchev–Trinajstić information content (AvgIpc) is 2.84. The maximum absolute atomic E-state index is 5.20. The number of benzene rings is 1. The van der Waals surface area contributed by atoms with Crippen LogP contribution in [0.2, 0.25) is 0 Å². The molecule has 0 saturated heterocycles. The molecule has 0 spiro atoms. The van der Waals surface area contributed by atoms with Crippen molar-refractivity contribution in [3.8, 4) is 0 Å². The van der Waals surface area contributed by atoms with Crippen molar-refractivity contribution in [2.75, 3.05) is 5.32 Å². The lowest BCUT2D eigenvalue weighted by Gasteiger charge is -2.15. The summed E-state index contributed by atoms with van der Waals surface area (Å²) in [7, 11) is 0. The molecule has 74 valence electrons. The molecule has 3 heteroatoms. The minimum atomic E-state index is 0.249. The maximum atomic E-state index is 5.20. The largest absolute Gasteiger partial charge is 0.357 e. The molecule has 2 nitrogen and oxygen atoms in total. The Kier molecular flexibility index (Phi) is 2.42. The van der Waals surface area contributed by atoms with Crippen LogP contribution in [0.4, 0.5) is 5.69 Å². The Morgan fingerprint density at radius 3 is 2.50 bits per heavy atom. The highest BCUT2D eigenvalue weighted by molar-refractivity contribution is 7.80. The molecule has 1 aliphatic rings. The second-order valence-electron chi connectivity index (χ2n) is 4.01. The van der Waals surface area contributed by atoms with Gasteiger partial charge in [0.15, 0.2) is 5.11 Å². The number of anilines is 1. The van der Waals surface area contributed by atoms with E-state index in [2.05, 4.69) is 17.6 Å². The third kappa shape index (κ3) is 2.45. The second-order valence-corrected chi connectivity index (χ2v) is 4.41. The van der Waals surface area contributed by atoms with Crippen molar-refractivity contribution in [3.63, 3.8) is 0 Å². The van der Waals surface area contributed by atoms with Gasteiger partial charge in [0, 0.05) is 11.2 Å². The van der Waals surface area contributed by atoms with E-state index in [9.17, 15) is 0 Å². The predicted octanol–water partition coefficient (Wildman–Crippen LogP) is 2.53. The van der Waals surface area contributed by atoms with Gasteiger partial charge in [-0.3, -0.25) is 0 Å². The Balaban J connectivity index is 1.89. The van der Waals surface area contributed by atoms with Gasteiger partial charge in [-0.05, 0) is 44.1 Å². The quantitative estimate of drug-likeness (QED) is 0.727. The van der Waals surface area contributed by atoms with E-state index in [0.717, 1.165) is 10.8 Å². The molecule has 2 rings (SSSR count). The summed E-state index contributed by atoms with van der Waals surface area (Å²) in [5.41, 5.74) is 1.29. The highest BCUT2D eigenvalue weighted by Crippen LogP contribution is 2.34. The Labute approximate surface area is 89.7 Å². The molecular weight excluding hydrogens is 192 g/mol. The van der Waals surface area contributed by atoms with Crippen LogP contribution in [0, 0.1) is 0 Å². The molecule has 0 bridgehead atoms. The Hall–Kier alpha value is -1.09. The van der Waals surface area contributed by atoms with Gasteiger partial charge in [0.2, 0.25) is 0 Å². The Bertz CT molecular complexity index is 330. The van der Waals surface area contributed by atoms with Crippen LogP contribution in [0.1, 0.15) is 19.8 Å². The number of thiocarbonyl (C=S) groups is 1. The second kappa shape index (κ2) is 3.58. The lowest BCUT2D eigenvalue weighted by atomic mass is 10.3. The molecule has 0 unspecified atom stereocenters. The lowest BCUT2D eigenvalue weighted by Crippen LogP contribution is -2.37. The summed E-state index contributed by atoms with van der Waals surface area (Å²) in [6.45, 7) is 2.19. The van der Waals surface area contributed by atoms with E-state index in [4.69, 9.17) is 12.2 Å². The first-order valence-corrected chi connectivity index (χ1v) is 5.23. The van der Waals surface area contributed by atoms with Crippen LogP contribution in [-0.4, -0.2) is 10.7 Å². The van der Waals surface area contributed by atoms with Gasteiger partial charge >= 0.3 is 0 Å². The Morgan fingerprint density at radius 2 is 1.93 bits per heavy atom. The number of hydrogen-bond acceptors (Lipinski definition) is 1. The predicted molar refractivity (Wildman–Crippen MR) is 63.4 cm³/mol. The summed E-state index contributed by atoms with van der Waals surface area (Å²) < 4.78 is 0. The maximum Gasteiger partial charge on any atom is 0.171 e. The van der Waals surface area contributed by atoms with Crippen LogP contribution in [-0.2, 0) is 0 Å². The minimum absolute atomic E-state index is 0.249. The highest BCUT2D eigenvalue weighted by Gasteiger charge is 2.37. The molecule has 1 aliphatic carbocycles. The summed E-state index contributed by atoms with van der Waals surface area (Å²) in [5.74, 6) is 0. The topological polar surface area (TPSA) is 24.1 Å². The van der Waals surface area contributed by atoms with Crippen LogP contribution in [0.25, 0.3) is 0 Å². The third-order valence-electron chi connectivity index (χ3n) is 2.45.